The Morgan fingerprint density at radius 2 is 0.757 bits per heavy atom. The molecule has 0 saturated carbocycles. The van der Waals surface area contributed by atoms with Crippen molar-refractivity contribution < 1.29 is 0 Å². The number of aromatic nitrogens is 30. The molecule has 1 fully saturated rings. The zero-order chi connectivity index (χ0) is 102. The van der Waals surface area contributed by atoms with Crippen LogP contribution in [0.5, 0.6) is 0 Å². The zero-order valence-corrected chi connectivity index (χ0v) is 84.9. The summed E-state index contributed by atoms with van der Waals surface area (Å²) < 4.78 is 21.8. The quantitative estimate of drug-likeness (QED) is 0.0438. The number of pyridine rings is 2. The molecule has 26 rings (SSSR count). The predicted octanol–water partition coefficient (Wildman–Crippen LogP) is 18.5. The number of nitrogens with zero attached hydrogens (tertiary/aromatic N) is 34. The van der Waals surface area contributed by atoms with Crippen LogP contribution in [0.4, 0.5) is 80.0 Å². The molecule has 21 heterocycles. The fraction of sp³-hybridized carbons (Fsp3) is 0.142. The molecule has 5 aromatic carbocycles. The topological polar surface area (TPSA) is 395 Å². The Kier molecular flexibility index (Phi) is 27.0. The molecule has 148 heavy (non-hydrogen) atoms. The van der Waals surface area contributed by atoms with Crippen LogP contribution in [0.1, 0.15) is 5.69 Å². The molecule has 1 aliphatic rings. The number of piperazine rings is 1. The van der Waals surface area contributed by atoms with Gasteiger partial charge in [0.1, 0.15) is 10.4 Å². The smallest absolute Gasteiger partial charge is 0.188 e. The van der Waals surface area contributed by atoms with Crippen molar-refractivity contribution in [2.75, 3.05) is 108 Å². The number of hydrogen-bond donors (Lipinski definition) is 6. The number of fused-ring (bicyclic) bond motifs is 8. The van der Waals surface area contributed by atoms with E-state index in [1.807, 2.05) is 278 Å². The molecule has 7 N–H and O–H groups in total. The normalized spacial score (nSPS) is 11.9. The van der Waals surface area contributed by atoms with Gasteiger partial charge in [-0.05, 0) is 138 Å². The molecular formula is C106H101BrN40S. The van der Waals surface area contributed by atoms with Crippen molar-refractivity contribution in [2.45, 2.75) is 6.92 Å². The van der Waals surface area contributed by atoms with E-state index in [1.165, 1.54) is 22.1 Å². The van der Waals surface area contributed by atoms with Gasteiger partial charge in [-0.3, -0.25) is 50.1 Å². The molecule has 0 bridgehead atoms. The molecule has 42 heteroatoms. The minimum Gasteiger partial charge on any atom is -0.381 e. The Bertz CT molecular complexity index is 8990. The van der Waals surface area contributed by atoms with Gasteiger partial charge >= 0.3 is 0 Å². The van der Waals surface area contributed by atoms with Gasteiger partial charge in [0.25, 0.3) is 0 Å². The number of halogens is 1. The second kappa shape index (κ2) is 41.9. The number of nitrogens with one attached hydrogen (secondary N) is 5. The number of nitrogen functional groups attached to an aromatic ring is 1. The Labute approximate surface area is 860 Å². The highest BCUT2D eigenvalue weighted by Crippen LogP contribution is 2.36. The number of rotatable bonds is 19. The summed E-state index contributed by atoms with van der Waals surface area (Å²) in [6.45, 7) is 6.14. The lowest BCUT2D eigenvalue weighted by Gasteiger charge is -2.33. The average Bonchev–Trinajstić information content (AvgIpc) is 1.65. The van der Waals surface area contributed by atoms with E-state index < -0.39 is 0 Å². The first-order chi connectivity index (χ1) is 72.1. The SMILES string of the molecule is CN(C)c1cccc(Nc2nccn3c(-c4cccn4C)cnc23)c1.CN1CCN(c2ccc(-c3cnc4c(Nc5cccc(N(C)C)c5)nccn34)cn2)CC1.Cc1ccc2cc(Nc3nccn4c(-c5cnn(C)c5)cnc34)ccc2n1.Cn1cc(-c2cnc3c(N)nc(Br)cn23)cn1.Cn1cc(-c2cnc3c(Nc4ccc5ccccc5c4)nccn23)cn1.Cn1cc(-c2cnc3c(Nc4nccs4)nccn23)cn1. The van der Waals surface area contributed by atoms with Gasteiger partial charge in [-0.25, -0.2) is 69.8 Å². The van der Waals surface area contributed by atoms with Gasteiger partial charge in [0.2, 0.25) is 0 Å². The summed E-state index contributed by atoms with van der Waals surface area (Å²) in [6.07, 6.45) is 52.1. The molecule has 0 atom stereocenters. The van der Waals surface area contributed by atoms with Gasteiger partial charge < -0.3 is 56.5 Å². The first kappa shape index (κ1) is 95.2. The van der Waals surface area contributed by atoms with Crippen molar-refractivity contribution in [1.82, 2.24) is 150 Å². The molecule has 40 nitrogen and oxygen atoms in total. The average molecular weight is 2050 g/mol. The van der Waals surface area contributed by atoms with E-state index in [-0.39, 0.29) is 0 Å². The van der Waals surface area contributed by atoms with E-state index in [1.54, 1.807) is 68.3 Å². The highest BCUT2D eigenvalue weighted by atomic mass is 79.9. The lowest BCUT2D eigenvalue weighted by molar-refractivity contribution is 0.312. The highest BCUT2D eigenvalue weighted by Gasteiger charge is 2.23. The van der Waals surface area contributed by atoms with E-state index in [2.05, 4.69) is 258 Å². The van der Waals surface area contributed by atoms with Crippen LogP contribution < -0.4 is 47.0 Å². The van der Waals surface area contributed by atoms with Crippen LogP contribution in [0.25, 0.3) is 123 Å². The molecule has 0 radical (unpaired) electrons. The second-order valence-electron chi connectivity index (χ2n) is 35.4. The number of benzene rings is 5. The van der Waals surface area contributed by atoms with Crippen molar-refractivity contribution in [1.29, 1.82) is 0 Å². The van der Waals surface area contributed by atoms with Crippen LogP contribution in [0, 0.1) is 6.92 Å². The predicted molar refractivity (Wildman–Crippen MR) is 587 cm³/mol. The highest BCUT2D eigenvalue weighted by molar-refractivity contribution is 9.10. The molecule has 1 aliphatic heterocycles. The molecular weight excluding hydrogens is 1950 g/mol. The van der Waals surface area contributed by atoms with Crippen molar-refractivity contribution in [3.63, 3.8) is 0 Å². The van der Waals surface area contributed by atoms with Crippen LogP contribution in [0.2, 0.25) is 0 Å². The summed E-state index contributed by atoms with van der Waals surface area (Å²) in [6, 6.07) is 49.5. The van der Waals surface area contributed by atoms with E-state index in [9.17, 15) is 0 Å². The summed E-state index contributed by atoms with van der Waals surface area (Å²) in [5.41, 5.74) is 30.5. The molecule has 0 spiro atoms. The summed E-state index contributed by atoms with van der Waals surface area (Å²) >= 11 is 4.84. The Morgan fingerprint density at radius 1 is 0.331 bits per heavy atom. The minimum atomic E-state index is 0.398. The molecule has 0 aliphatic carbocycles. The summed E-state index contributed by atoms with van der Waals surface area (Å²) in [5, 5.41) is 39.8. The lowest BCUT2D eigenvalue weighted by Crippen LogP contribution is -2.44. The molecule has 20 aromatic heterocycles. The molecule has 738 valence electrons. The second-order valence-corrected chi connectivity index (χ2v) is 37.1. The van der Waals surface area contributed by atoms with E-state index >= 15 is 0 Å². The van der Waals surface area contributed by atoms with Crippen molar-refractivity contribution in [3.05, 3.63) is 335 Å². The lowest BCUT2D eigenvalue weighted by atomic mass is 10.1. The van der Waals surface area contributed by atoms with Gasteiger partial charge in [0.05, 0.1) is 107 Å². The number of hydrogen-bond acceptors (Lipinski definition) is 30. The minimum absolute atomic E-state index is 0.398. The van der Waals surface area contributed by atoms with Gasteiger partial charge in [0.15, 0.2) is 73.9 Å². The number of thiazole rings is 1. The third-order valence-corrected chi connectivity index (χ3v) is 25.8. The number of aryl methyl sites for hydroxylation is 6. The molecule has 0 unspecified atom stereocenters. The number of likely N-dealkylation sites (N-methyl/N-ethyl adjacent to an activating group) is 1. The van der Waals surface area contributed by atoms with E-state index in [0.29, 0.717) is 27.7 Å². The maximum Gasteiger partial charge on any atom is 0.188 e. The van der Waals surface area contributed by atoms with Gasteiger partial charge in [0, 0.05) is 280 Å². The number of anilines is 14. The van der Waals surface area contributed by atoms with Gasteiger partial charge in [-0.15, -0.1) is 11.3 Å². The third kappa shape index (κ3) is 20.7. The fourth-order valence-corrected chi connectivity index (χ4v) is 18.1. The Balaban J connectivity index is 0.000000105. The van der Waals surface area contributed by atoms with E-state index in [4.69, 9.17) is 10.7 Å². The van der Waals surface area contributed by atoms with Crippen molar-refractivity contribution in [3.8, 4) is 67.7 Å². The van der Waals surface area contributed by atoms with Gasteiger partial charge in [-0.2, -0.15) is 20.4 Å². The first-order valence-electron chi connectivity index (χ1n) is 47.2. The number of nitrogens with two attached hydrogens (primary N) is 1. The maximum atomic E-state index is 5.81. The van der Waals surface area contributed by atoms with Gasteiger partial charge in [-0.1, -0.05) is 48.5 Å². The fourth-order valence-electron chi connectivity index (χ4n) is 17.2. The monoisotopic (exact) mass is 2040 g/mol. The molecule has 25 aromatic rings. The third-order valence-electron chi connectivity index (χ3n) is 24.7. The largest absolute Gasteiger partial charge is 0.381 e. The summed E-state index contributed by atoms with van der Waals surface area (Å²) in [5.74, 6) is 4.98. The van der Waals surface area contributed by atoms with Crippen LogP contribution in [0.3, 0.4) is 0 Å². The first-order valence-corrected chi connectivity index (χ1v) is 48.8. The Hall–Kier alpha value is -19.0. The Morgan fingerprint density at radius 3 is 1.20 bits per heavy atom. The zero-order valence-electron chi connectivity index (χ0n) is 82.5. The van der Waals surface area contributed by atoms with Crippen molar-refractivity contribution >= 4 is 163 Å². The van der Waals surface area contributed by atoms with Crippen molar-refractivity contribution in [2.24, 2.45) is 35.2 Å². The van der Waals surface area contributed by atoms with Crippen LogP contribution >= 0.6 is 27.3 Å². The molecule has 1 saturated heterocycles. The summed E-state index contributed by atoms with van der Waals surface area (Å²) in [4.78, 5) is 75.8. The maximum absolute atomic E-state index is 5.81. The molecule has 0 amide bonds. The van der Waals surface area contributed by atoms with Crippen LogP contribution in [0.15, 0.2) is 329 Å². The number of imidazole rings is 6. The van der Waals surface area contributed by atoms with Crippen LogP contribution in [-0.4, -0.2) is 211 Å². The van der Waals surface area contributed by atoms with Crippen LogP contribution in [-0.2, 0) is 35.2 Å². The van der Waals surface area contributed by atoms with E-state index in [0.717, 1.165) is 201 Å². The summed E-state index contributed by atoms with van der Waals surface area (Å²) in [7, 11) is 19.9. The standard InChI is InChI=1S/C24H28N8.C20H17N7.C20H16N6.C19H20N6.C13H11N7S.C10H9BrN6/c1-29(2)20-6-4-5-19(15-20)28-23-24-27-17-21(32(24)10-9-25-23)18-7-8-22(26-16-18)31-13-11-30(3)12-14-31;1-13-3-4-14-9-16(5-6-17(14)24-13)25-19-20-22-11-18(27(20)8-7-21-19)15-10-23-26(2)12-15;1-25-13-16(11-23-25)18-12-22-20-19(21-8-9-26(18)20)24-17-7-6-14-4-2-3-5-15(14)10-17;1-23(2)15-7-4-6-14(12-15)22-18-19-21-13-17(25(19)11-9-20-18)16-8-5-10-24(16)3;1-19-8-9(6-17-19)10-7-16-12-11(14-2-4-20(10)12)18-13-15-3-5-21-13;1-16-4-6(2-14-16)7-3-13-10-9(12)15-8(11)5-17(7)10/h4-10,15-17H,11-14H2,1-3H3,(H,25,28);3-12H,1-2H3,(H,21,25);2-13H,1H3,(H,21,24);4-13H,1-3H3,(H,20,22);2-8H,1H3,(H,14,15,18);2-5H,1H3,(H2,12,15).